The number of hydrogen-bond donors (Lipinski definition) is 2. The molecular formula is C13H17N3O3S. The number of anilines is 1. The Labute approximate surface area is 118 Å². The summed E-state index contributed by atoms with van der Waals surface area (Å²) in [5.74, 6) is 0. The zero-order chi connectivity index (χ0) is 14.6. The van der Waals surface area contributed by atoms with Gasteiger partial charge in [0.1, 0.15) is 4.90 Å². The van der Waals surface area contributed by atoms with Crippen LogP contribution < -0.4 is 10.5 Å². The molecule has 7 heteroatoms. The van der Waals surface area contributed by atoms with E-state index in [1.165, 1.54) is 6.07 Å². The predicted octanol–water partition coefficient (Wildman–Crippen LogP) is 1.13. The number of fused-ring (bicyclic) bond motifs is 1. The SMILES string of the molecule is COCCCNS(=O)(=O)c1ccc(N)c2cccnc12. The first-order valence-electron chi connectivity index (χ1n) is 6.18. The molecule has 0 bridgehead atoms. The highest BCUT2D eigenvalue weighted by molar-refractivity contribution is 7.89. The van der Waals surface area contributed by atoms with Crippen molar-refractivity contribution >= 4 is 26.6 Å². The molecule has 2 rings (SSSR count). The van der Waals surface area contributed by atoms with Gasteiger partial charge in [-0.1, -0.05) is 0 Å². The van der Waals surface area contributed by atoms with Gasteiger partial charge in [-0.15, -0.1) is 0 Å². The number of nitrogens with two attached hydrogens (primary N) is 1. The molecule has 0 radical (unpaired) electrons. The number of aromatic nitrogens is 1. The van der Waals surface area contributed by atoms with Crippen LogP contribution in [0.25, 0.3) is 10.9 Å². The van der Waals surface area contributed by atoms with Crippen molar-refractivity contribution in [3.63, 3.8) is 0 Å². The van der Waals surface area contributed by atoms with E-state index in [0.717, 1.165) is 0 Å². The molecule has 3 N–H and O–H groups in total. The third kappa shape index (κ3) is 3.06. The van der Waals surface area contributed by atoms with Crippen molar-refractivity contribution in [2.24, 2.45) is 0 Å². The van der Waals surface area contributed by atoms with Crippen LogP contribution in [0.4, 0.5) is 5.69 Å². The van der Waals surface area contributed by atoms with Crippen molar-refractivity contribution in [1.29, 1.82) is 0 Å². The Morgan fingerprint density at radius 1 is 1.35 bits per heavy atom. The molecule has 0 amide bonds. The van der Waals surface area contributed by atoms with E-state index in [9.17, 15) is 8.42 Å². The van der Waals surface area contributed by atoms with Crippen LogP contribution in [-0.4, -0.2) is 33.7 Å². The highest BCUT2D eigenvalue weighted by atomic mass is 32.2. The third-order valence-electron chi connectivity index (χ3n) is 2.87. The Bertz CT molecular complexity index is 701. The number of pyridine rings is 1. The molecule has 0 aliphatic heterocycles. The second-order valence-electron chi connectivity index (χ2n) is 4.30. The minimum atomic E-state index is -3.61. The van der Waals surface area contributed by atoms with Gasteiger partial charge in [0.05, 0.1) is 5.52 Å². The molecule has 0 atom stereocenters. The molecule has 108 valence electrons. The maximum absolute atomic E-state index is 12.3. The largest absolute Gasteiger partial charge is 0.398 e. The summed E-state index contributed by atoms with van der Waals surface area (Å²) in [6.45, 7) is 0.818. The van der Waals surface area contributed by atoms with Crippen molar-refractivity contribution in [2.45, 2.75) is 11.3 Å². The summed E-state index contributed by atoms with van der Waals surface area (Å²) in [6, 6.07) is 6.53. The molecule has 1 aromatic carbocycles. The Kier molecular flexibility index (Phi) is 4.53. The fourth-order valence-electron chi connectivity index (χ4n) is 1.89. The van der Waals surface area contributed by atoms with E-state index in [1.807, 2.05) is 0 Å². The predicted molar refractivity (Wildman–Crippen MR) is 77.8 cm³/mol. The minimum absolute atomic E-state index is 0.139. The summed E-state index contributed by atoms with van der Waals surface area (Å²) in [6.07, 6.45) is 2.15. The van der Waals surface area contributed by atoms with Crippen LogP contribution in [-0.2, 0) is 14.8 Å². The van der Waals surface area contributed by atoms with Gasteiger partial charge in [0, 0.05) is 37.5 Å². The average Bonchev–Trinajstić information content (AvgIpc) is 2.44. The highest BCUT2D eigenvalue weighted by Crippen LogP contribution is 2.25. The zero-order valence-electron chi connectivity index (χ0n) is 11.2. The van der Waals surface area contributed by atoms with Crippen LogP contribution in [0.3, 0.4) is 0 Å². The van der Waals surface area contributed by atoms with E-state index in [0.29, 0.717) is 36.2 Å². The Morgan fingerprint density at radius 3 is 2.90 bits per heavy atom. The smallest absolute Gasteiger partial charge is 0.242 e. The molecule has 0 spiro atoms. The lowest BCUT2D eigenvalue weighted by Gasteiger charge is -2.10. The summed E-state index contributed by atoms with van der Waals surface area (Å²) in [4.78, 5) is 4.27. The third-order valence-corrected chi connectivity index (χ3v) is 4.37. The number of nitrogen functional groups attached to an aromatic ring is 1. The number of nitrogens with zero attached hydrogens (tertiary/aromatic N) is 1. The normalized spacial score (nSPS) is 11.8. The first-order valence-corrected chi connectivity index (χ1v) is 7.66. The summed E-state index contributed by atoms with van der Waals surface area (Å²) in [5, 5.41) is 0.632. The number of rotatable bonds is 6. The lowest BCUT2D eigenvalue weighted by Crippen LogP contribution is -2.26. The number of sulfonamides is 1. The molecule has 0 aliphatic rings. The van der Waals surface area contributed by atoms with E-state index in [2.05, 4.69) is 9.71 Å². The first kappa shape index (κ1) is 14.7. The minimum Gasteiger partial charge on any atom is -0.398 e. The first-order chi connectivity index (χ1) is 9.56. The van der Waals surface area contributed by atoms with Crippen LogP contribution in [0.15, 0.2) is 35.4 Å². The molecule has 6 nitrogen and oxygen atoms in total. The fourth-order valence-corrected chi connectivity index (χ4v) is 3.12. The average molecular weight is 295 g/mol. The van der Waals surface area contributed by atoms with Gasteiger partial charge in [0.15, 0.2) is 0 Å². The van der Waals surface area contributed by atoms with Crippen molar-refractivity contribution in [1.82, 2.24) is 9.71 Å². The van der Waals surface area contributed by atoms with Crippen LogP contribution in [0, 0.1) is 0 Å². The van der Waals surface area contributed by atoms with E-state index < -0.39 is 10.0 Å². The van der Waals surface area contributed by atoms with Gasteiger partial charge < -0.3 is 10.5 Å². The van der Waals surface area contributed by atoms with Crippen LogP contribution in [0.1, 0.15) is 6.42 Å². The Balaban J connectivity index is 2.35. The van der Waals surface area contributed by atoms with Gasteiger partial charge in [0.25, 0.3) is 0 Å². The lowest BCUT2D eigenvalue weighted by atomic mass is 10.2. The fraction of sp³-hybridized carbons (Fsp3) is 0.308. The molecule has 0 unspecified atom stereocenters. The standard InChI is InChI=1S/C13H17N3O3S/c1-19-9-3-8-16-20(17,18)12-6-5-11(14)10-4-2-7-15-13(10)12/h2,4-7,16H,3,8-9,14H2,1H3. The maximum atomic E-state index is 12.3. The quantitative estimate of drug-likeness (QED) is 0.615. The molecule has 1 aromatic heterocycles. The molecular weight excluding hydrogens is 278 g/mol. The van der Waals surface area contributed by atoms with Crippen molar-refractivity contribution < 1.29 is 13.2 Å². The van der Waals surface area contributed by atoms with Crippen LogP contribution >= 0.6 is 0 Å². The lowest BCUT2D eigenvalue weighted by molar-refractivity contribution is 0.196. The second kappa shape index (κ2) is 6.17. The van der Waals surface area contributed by atoms with E-state index >= 15 is 0 Å². The van der Waals surface area contributed by atoms with Crippen molar-refractivity contribution in [3.05, 3.63) is 30.5 Å². The molecule has 0 aliphatic carbocycles. The van der Waals surface area contributed by atoms with Gasteiger partial charge in [-0.3, -0.25) is 4.98 Å². The second-order valence-corrected chi connectivity index (χ2v) is 6.03. The number of benzene rings is 1. The van der Waals surface area contributed by atoms with Gasteiger partial charge in [-0.05, 0) is 30.7 Å². The summed E-state index contributed by atoms with van der Waals surface area (Å²) in [7, 11) is -2.03. The summed E-state index contributed by atoms with van der Waals surface area (Å²) < 4.78 is 32.0. The van der Waals surface area contributed by atoms with Crippen molar-refractivity contribution in [3.8, 4) is 0 Å². The topological polar surface area (TPSA) is 94.3 Å². The molecule has 0 saturated heterocycles. The molecule has 0 fully saturated rings. The number of hydrogen-bond acceptors (Lipinski definition) is 5. The van der Waals surface area contributed by atoms with E-state index in [-0.39, 0.29) is 4.90 Å². The maximum Gasteiger partial charge on any atom is 0.242 e. The van der Waals surface area contributed by atoms with Gasteiger partial charge in [-0.2, -0.15) is 0 Å². The van der Waals surface area contributed by atoms with E-state index in [1.54, 1.807) is 31.5 Å². The van der Waals surface area contributed by atoms with E-state index in [4.69, 9.17) is 10.5 Å². The number of methoxy groups -OCH3 is 1. The highest BCUT2D eigenvalue weighted by Gasteiger charge is 2.18. The summed E-state index contributed by atoms with van der Waals surface area (Å²) in [5.41, 5.74) is 6.72. The molecule has 0 saturated carbocycles. The van der Waals surface area contributed by atoms with Gasteiger partial charge in [-0.25, -0.2) is 13.1 Å². The van der Waals surface area contributed by atoms with Gasteiger partial charge >= 0.3 is 0 Å². The Morgan fingerprint density at radius 2 is 2.15 bits per heavy atom. The number of ether oxygens (including phenoxy) is 1. The van der Waals surface area contributed by atoms with Gasteiger partial charge in [0.2, 0.25) is 10.0 Å². The van der Waals surface area contributed by atoms with Crippen LogP contribution in [0.5, 0.6) is 0 Å². The zero-order valence-corrected chi connectivity index (χ0v) is 12.0. The molecule has 20 heavy (non-hydrogen) atoms. The van der Waals surface area contributed by atoms with Crippen molar-refractivity contribution in [2.75, 3.05) is 26.0 Å². The Hall–Kier alpha value is -1.70. The monoisotopic (exact) mass is 295 g/mol. The van der Waals surface area contributed by atoms with Crippen LogP contribution in [0.2, 0.25) is 0 Å². The number of nitrogens with one attached hydrogen (secondary N) is 1. The summed E-state index contributed by atoms with van der Waals surface area (Å²) >= 11 is 0. The molecule has 1 heterocycles. The molecule has 2 aromatic rings.